The minimum Gasteiger partial charge on any atom is -0.316 e. The summed E-state index contributed by atoms with van der Waals surface area (Å²) >= 11 is 6.25. The molecule has 2 aliphatic rings. The van der Waals surface area contributed by atoms with Crippen molar-refractivity contribution in [3.8, 4) is 0 Å². The van der Waals surface area contributed by atoms with E-state index >= 15 is 0 Å². The Morgan fingerprint density at radius 3 is 2.76 bits per heavy atom. The van der Waals surface area contributed by atoms with Crippen molar-refractivity contribution in [2.75, 3.05) is 13.1 Å². The van der Waals surface area contributed by atoms with Gasteiger partial charge in [0, 0.05) is 17.5 Å². The van der Waals surface area contributed by atoms with Gasteiger partial charge < -0.3 is 5.32 Å². The summed E-state index contributed by atoms with van der Waals surface area (Å²) < 4.78 is 0. The number of rotatable bonds is 1. The van der Waals surface area contributed by atoms with Crippen LogP contribution in [-0.2, 0) is 0 Å². The molecule has 1 aromatic carbocycles. The molecule has 2 unspecified atom stereocenters. The second-order valence-corrected chi connectivity index (χ2v) is 8.38. The standard InChI is InChI=1S/C19H28ClN/c1-18(2)7-4-8-19(10-9-18)11-12-21-14-17(19)15-5-3-6-16(20)13-15/h3,5-6,13,17,21H,4,7-12,14H2,1-2H3. The lowest BCUT2D eigenvalue weighted by molar-refractivity contribution is 0.131. The summed E-state index contributed by atoms with van der Waals surface area (Å²) in [6.07, 6.45) is 8.20. The predicted octanol–water partition coefficient (Wildman–Crippen LogP) is 5.39. The largest absolute Gasteiger partial charge is 0.316 e. The summed E-state index contributed by atoms with van der Waals surface area (Å²) in [4.78, 5) is 0. The number of hydrogen-bond acceptors (Lipinski definition) is 1. The normalized spacial score (nSPS) is 32.8. The summed E-state index contributed by atoms with van der Waals surface area (Å²) in [5, 5.41) is 4.50. The molecule has 1 saturated heterocycles. The third-order valence-electron chi connectivity index (χ3n) is 5.97. The molecule has 2 fully saturated rings. The van der Waals surface area contributed by atoms with Crippen LogP contribution >= 0.6 is 11.6 Å². The molecule has 1 nitrogen and oxygen atoms in total. The van der Waals surface area contributed by atoms with Crippen LogP contribution in [0.1, 0.15) is 63.9 Å². The number of hydrogen-bond donors (Lipinski definition) is 1. The Balaban J connectivity index is 1.90. The monoisotopic (exact) mass is 305 g/mol. The molecule has 1 saturated carbocycles. The maximum absolute atomic E-state index is 6.25. The van der Waals surface area contributed by atoms with Gasteiger partial charge in [0.1, 0.15) is 0 Å². The van der Waals surface area contributed by atoms with Crippen molar-refractivity contribution in [2.45, 2.75) is 58.3 Å². The number of nitrogens with one attached hydrogen (secondary N) is 1. The van der Waals surface area contributed by atoms with Gasteiger partial charge in [0.15, 0.2) is 0 Å². The molecule has 2 atom stereocenters. The van der Waals surface area contributed by atoms with E-state index in [1.165, 1.54) is 50.6 Å². The first-order chi connectivity index (χ1) is 10.0. The van der Waals surface area contributed by atoms with E-state index in [1.54, 1.807) is 0 Å². The van der Waals surface area contributed by atoms with E-state index in [-0.39, 0.29) is 0 Å². The van der Waals surface area contributed by atoms with Crippen LogP contribution in [0.2, 0.25) is 5.02 Å². The lowest BCUT2D eigenvalue weighted by Crippen LogP contribution is -2.43. The predicted molar refractivity (Wildman–Crippen MR) is 91.0 cm³/mol. The molecule has 0 radical (unpaired) electrons. The lowest BCUT2D eigenvalue weighted by atomic mass is 9.63. The Morgan fingerprint density at radius 2 is 1.95 bits per heavy atom. The zero-order chi connectivity index (χ0) is 14.9. The molecule has 3 rings (SSSR count). The van der Waals surface area contributed by atoms with Crippen molar-refractivity contribution < 1.29 is 0 Å². The van der Waals surface area contributed by atoms with E-state index in [0.717, 1.165) is 11.6 Å². The number of halogens is 1. The van der Waals surface area contributed by atoms with Crippen LogP contribution < -0.4 is 5.32 Å². The highest BCUT2D eigenvalue weighted by atomic mass is 35.5. The highest BCUT2D eigenvalue weighted by Crippen LogP contribution is 2.53. The molecule has 1 aromatic rings. The smallest absolute Gasteiger partial charge is 0.0408 e. The Bertz CT molecular complexity index is 496. The molecular formula is C19H28ClN. The Labute approximate surface area is 134 Å². The van der Waals surface area contributed by atoms with Gasteiger partial charge in [-0.1, -0.05) is 44.0 Å². The lowest BCUT2D eigenvalue weighted by Gasteiger charge is -2.45. The summed E-state index contributed by atoms with van der Waals surface area (Å²) in [6, 6.07) is 8.57. The van der Waals surface area contributed by atoms with Crippen LogP contribution in [0, 0.1) is 10.8 Å². The molecule has 1 heterocycles. The van der Waals surface area contributed by atoms with Gasteiger partial charge in [-0.25, -0.2) is 0 Å². The maximum atomic E-state index is 6.25. The fraction of sp³-hybridized carbons (Fsp3) is 0.684. The Kier molecular flexibility index (Phi) is 4.34. The average Bonchev–Trinajstić information content (AvgIpc) is 2.59. The molecule has 0 bridgehead atoms. The first-order valence-electron chi connectivity index (χ1n) is 8.47. The molecule has 116 valence electrons. The summed E-state index contributed by atoms with van der Waals surface area (Å²) in [7, 11) is 0. The van der Waals surface area contributed by atoms with Crippen LogP contribution in [0.5, 0.6) is 0 Å². The zero-order valence-corrected chi connectivity index (χ0v) is 14.2. The molecule has 1 aliphatic carbocycles. The van der Waals surface area contributed by atoms with Crippen molar-refractivity contribution in [3.63, 3.8) is 0 Å². The van der Waals surface area contributed by atoms with Crippen LogP contribution in [-0.4, -0.2) is 13.1 Å². The van der Waals surface area contributed by atoms with Crippen LogP contribution in [0.15, 0.2) is 24.3 Å². The van der Waals surface area contributed by atoms with Gasteiger partial charge in [-0.15, -0.1) is 0 Å². The van der Waals surface area contributed by atoms with Gasteiger partial charge in [0.2, 0.25) is 0 Å². The number of piperidine rings is 1. The summed E-state index contributed by atoms with van der Waals surface area (Å²) in [5.41, 5.74) is 2.45. The second kappa shape index (κ2) is 5.93. The molecule has 1 aliphatic heterocycles. The highest BCUT2D eigenvalue weighted by molar-refractivity contribution is 6.30. The first-order valence-corrected chi connectivity index (χ1v) is 8.85. The average molecular weight is 306 g/mol. The van der Waals surface area contributed by atoms with Gasteiger partial charge in [-0.3, -0.25) is 0 Å². The van der Waals surface area contributed by atoms with Gasteiger partial charge in [-0.05, 0) is 67.2 Å². The third-order valence-corrected chi connectivity index (χ3v) is 6.20. The van der Waals surface area contributed by atoms with Crippen molar-refractivity contribution in [3.05, 3.63) is 34.9 Å². The van der Waals surface area contributed by atoms with Gasteiger partial charge in [0.25, 0.3) is 0 Å². The Morgan fingerprint density at radius 1 is 1.10 bits per heavy atom. The first kappa shape index (κ1) is 15.4. The minimum atomic E-state index is 0.490. The van der Waals surface area contributed by atoms with Crippen molar-refractivity contribution in [1.29, 1.82) is 0 Å². The van der Waals surface area contributed by atoms with Gasteiger partial charge in [0.05, 0.1) is 0 Å². The molecule has 0 aromatic heterocycles. The molecule has 1 spiro atoms. The second-order valence-electron chi connectivity index (χ2n) is 7.94. The molecule has 1 N–H and O–H groups in total. The zero-order valence-electron chi connectivity index (χ0n) is 13.4. The van der Waals surface area contributed by atoms with Crippen LogP contribution in [0.4, 0.5) is 0 Å². The molecule has 21 heavy (non-hydrogen) atoms. The van der Waals surface area contributed by atoms with E-state index in [4.69, 9.17) is 11.6 Å². The minimum absolute atomic E-state index is 0.490. The Hall–Kier alpha value is -0.530. The molecule has 0 amide bonds. The van der Waals surface area contributed by atoms with E-state index in [0.29, 0.717) is 16.7 Å². The highest BCUT2D eigenvalue weighted by Gasteiger charge is 2.43. The van der Waals surface area contributed by atoms with Gasteiger partial charge >= 0.3 is 0 Å². The fourth-order valence-corrected chi connectivity index (χ4v) is 4.72. The van der Waals surface area contributed by atoms with E-state index in [9.17, 15) is 0 Å². The van der Waals surface area contributed by atoms with E-state index in [1.807, 2.05) is 6.07 Å². The number of benzene rings is 1. The quantitative estimate of drug-likeness (QED) is 0.733. The summed E-state index contributed by atoms with van der Waals surface area (Å²) in [5.74, 6) is 0.624. The third kappa shape index (κ3) is 3.29. The SMILES string of the molecule is CC1(C)CCCC2(CCNCC2c2cccc(Cl)c2)CC1. The maximum Gasteiger partial charge on any atom is 0.0408 e. The van der Waals surface area contributed by atoms with Crippen molar-refractivity contribution >= 4 is 11.6 Å². The van der Waals surface area contributed by atoms with Gasteiger partial charge in [-0.2, -0.15) is 0 Å². The van der Waals surface area contributed by atoms with Crippen LogP contribution in [0.25, 0.3) is 0 Å². The van der Waals surface area contributed by atoms with Crippen molar-refractivity contribution in [2.24, 2.45) is 10.8 Å². The molecular weight excluding hydrogens is 278 g/mol. The fourth-order valence-electron chi connectivity index (χ4n) is 4.52. The van der Waals surface area contributed by atoms with E-state index < -0.39 is 0 Å². The molecule has 2 heteroatoms. The van der Waals surface area contributed by atoms with Crippen molar-refractivity contribution in [1.82, 2.24) is 5.32 Å². The topological polar surface area (TPSA) is 12.0 Å². The summed E-state index contributed by atoms with van der Waals surface area (Å²) in [6.45, 7) is 7.18. The van der Waals surface area contributed by atoms with E-state index in [2.05, 4.69) is 37.4 Å². The van der Waals surface area contributed by atoms with Crippen LogP contribution in [0.3, 0.4) is 0 Å².